The molecule has 0 spiro atoms. The maximum atomic E-state index is 12.1. The van der Waals surface area contributed by atoms with Crippen LogP contribution in [0.15, 0.2) is 11.1 Å². The molecule has 0 aromatic carbocycles. The van der Waals surface area contributed by atoms with Gasteiger partial charge in [0.15, 0.2) is 5.78 Å². The first-order valence-corrected chi connectivity index (χ1v) is 6.47. The second-order valence-corrected chi connectivity index (χ2v) is 5.19. The molecule has 0 unspecified atom stereocenters. The Balaban J connectivity index is 2.27. The van der Waals surface area contributed by atoms with Crippen LogP contribution in [0.4, 0.5) is 0 Å². The van der Waals surface area contributed by atoms with Gasteiger partial charge in [-0.15, -0.1) is 0 Å². The highest BCUT2D eigenvalue weighted by Gasteiger charge is 2.58. The number of hydrogen-bond donors (Lipinski definition) is 0. The Labute approximate surface area is 102 Å². The minimum absolute atomic E-state index is 0.116. The average Bonchev–Trinajstić information content (AvgIpc) is 2.71. The van der Waals surface area contributed by atoms with E-state index in [9.17, 15) is 9.59 Å². The Morgan fingerprint density at radius 2 is 2.00 bits per heavy atom. The van der Waals surface area contributed by atoms with E-state index < -0.39 is 5.60 Å². The summed E-state index contributed by atoms with van der Waals surface area (Å²) in [5.74, 6) is -0.344. The van der Waals surface area contributed by atoms with Crippen LogP contribution >= 0.6 is 0 Å². The highest BCUT2D eigenvalue weighted by atomic mass is 16.6. The molecule has 94 valence electrons. The number of ketones is 1. The van der Waals surface area contributed by atoms with Crippen molar-refractivity contribution < 1.29 is 14.3 Å². The van der Waals surface area contributed by atoms with Crippen molar-refractivity contribution in [3.8, 4) is 0 Å². The highest BCUT2D eigenvalue weighted by molar-refractivity contribution is 6.05. The number of carbonyl (C=O) groups excluding carboxylic acids is 2. The molecule has 3 heteroatoms. The SMILES string of the molecule is CCCCC[C@]12OC(=O)C[C@H]1C(=O)C(C)=C2C. The van der Waals surface area contributed by atoms with E-state index in [1.165, 1.54) is 0 Å². The summed E-state index contributed by atoms with van der Waals surface area (Å²) in [6, 6.07) is 0. The first kappa shape index (κ1) is 12.3. The zero-order chi connectivity index (χ0) is 12.6. The van der Waals surface area contributed by atoms with Crippen LogP contribution in [0.25, 0.3) is 0 Å². The van der Waals surface area contributed by atoms with Crippen LogP contribution in [0.3, 0.4) is 0 Å². The summed E-state index contributed by atoms with van der Waals surface area (Å²) < 4.78 is 5.55. The Hall–Kier alpha value is -1.12. The molecule has 1 heterocycles. The third kappa shape index (κ3) is 1.72. The molecule has 3 nitrogen and oxygen atoms in total. The molecule has 1 aliphatic heterocycles. The zero-order valence-corrected chi connectivity index (χ0v) is 10.8. The van der Waals surface area contributed by atoms with E-state index >= 15 is 0 Å². The van der Waals surface area contributed by atoms with Crippen LogP contribution in [0, 0.1) is 5.92 Å². The smallest absolute Gasteiger partial charge is 0.307 e. The lowest BCUT2D eigenvalue weighted by Crippen LogP contribution is -2.35. The van der Waals surface area contributed by atoms with E-state index in [0.717, 1.165) is 36.8 Å². The van der Waals surface area contributed by atoms with E-state index in [1.807, 2.05) is 13.8 Å². The quantitative estimate of drug-likeness (QED) is 0.557. The maximum Gasteiger partial charge on any atom is 0.307 e. The van der Waals surface area contributed by atoms with Gasteiger partial charge in [-0.25, -0.2) is 0 Å². The lowest BCUT2D eigenvalue weighted by atomic mass is 9.82. The van der Waals surface area contributed by atoms with Crippen LogP contribution in [0.5, 0.6) is 0 Å². The molecule has 1 saturated heterocycles. The van der Waals surface area contributed by atoms with E-state index in [-0.39, 0.29) is 24.1 Å². The zero-order valence-electron chi connectivity index (χ0n) is 10.8. The van der Waals surface area contributed by atoms with Crippen molar-refractivity contribution in [1.82, 2.24) is 0 Å². The van der Waals surface area contributed by atoms with Gasteiger partial charge < -0.3 is 4.74 Å². The number of Topliss-reactive ketones (excluding diaryl/α,β-unsaturated/α-hetero) is 1. The van der Waals surface area contributed by atoms with E-state index in [0.29, 0.717) is 0 Å². The van der Waals surface area contributed by atoms with Gasteiger partial charge >= 0.3 is 5.97 Å². The van der Waals surface area contributed by atoms with Crippen LogP contribution in [-0.2, 0) is 14.3 Å². The summed E-state index contributed by atoms with van der Waals surface area (Å²) in [6.07, 6.45) is 4.32. The number of allylic oxidation sites excluding steroid dienone is 1. The molecule has 17 heavy (non-hydrogen) atoms. The van der Waals surface area contributed by atoms with Crippen molar-refractivity contribution in [2.24, 2.45) is 5.92 Å². The Morgan fingerprint density at radius 1 is 1.29 bits per heavy atom. The van der Waals surface area contributed by atoms with Gasteiger partial charge in [-0.05, 0) is 37.8 Å². The van der Waals surface area contributed by atoms with Crippen molar-refractivity contribution in [1.29, 1.82) is 0 Å². The summed E-state index contributed by atoms with van der Waals surface area (Å²) in [4.78, 5) is 23.6. The van der Waals surface area contributed by atoms with Gasteiger partial charge in [0, 0.05) is 0 Å². The summed E-state index contributed by atoms with van der Waals surface area (Å²) in [5, 5.41) is 0. The van der Waals surface area contributed by atoms with E-state index in [2.05, 4.69) is 6.92 Å². The fourth-order valence-electron chi connectivity index (χ4n) is 3.10. The van der Waals surface area contributed by atoms with Crippen LogP contribution in [0.2, 0.25) is 0 Å². The van der Waals surface area contributed by atoms with Crippen LogP contribution in [-0.4, -0.2) is 17.4 Å². The largest absolute Gasteiger partial charge is 0.454 e. The molecule has 0 N–H and O–H groups in total. The van der Waals surface area contributed by atoms with Gasteiger partial charge in [-0.2, -0.15) is 0 Å². The lowest BCUT2D eigenvalue weighted by Gasteiger charge is -2.29. The molecule has 0 bridgehead atoms. The van der Waals surface area contributed by atoms with Gasteiger partial charge in [-0.1, -0.05) is 19.8 Å². The second kappa shape index (κ2) is 4.28. The molecule has 0 amide bonds. The van der Waals surface area contributed by atoms with Crippen molar-refractivity contribution in [2.75, 3.05) is 0 Å². The summed E-state index contributed by atoms with van der Waals surface area (Å²) in [5.41, 5.74) is 1.20. The van der Waals surface area contributed by atoms with E-state index in [4.69, 9.17) is 4.74 Å². The first-order valence-electron chi connectivity index (χ1n) is 6.47. The molecular formula is C14H20O3. The Morgan fingerprint density at radius 3 is 2.65 bits per heavy atom. The van der Waals surface area contributed by atoms with Crippen molar-refractivity contribution in [3.63, 3.8) is 0 Å². The fraction of sp³-hybridized carbons (Fsp3) is 0.714. The average molecular weight is 236 g/mol. The number of fused-ring (bicyclic) bond motifs is 1. The molecule has 0 aromatic rings. The standard InChI is InChI=1S/C14H20O3/c1-4-5-6-7-14-10(3)9(2)13(16)11(14)8-12(15)17-14/h11H,4-8H2,1-3H3/t11-,14+/m0/s1. The van der Waals surface area contributed by atoms with Crippen molar-refractivity contribution in [3.05, 3.63) is 11.1 Å². The molecule has 2 rings (SSSR count). The normalized spacial score (nSPS) is 32.1. The molecule has 0 aromatic heterocycles. The number of rotatable bonds is 4. The molecule has 2 atom stereocenters. The number of carbonyl (C=O) groups is 2. The molecule has 1 fully saturated rings. The van der Waals surface area contributed by atoms with Gasteiger partial charge in [0.1, 0.15) is 5.60 Å². The third-order valence-corrected chi connectivity index (χ3v) is 4.26. The monoisotopic (exact) mass is 236 g/mol. The molecule has 1 aliphatic carbocycles. The molecule has 0 saturated carbocycles. The predicted molar refractivity (Wildman–Crippen MR) is 64.5 cm³/mol. The van der Waals surface area contributed by atoms with Gasteiger partial charge in [0.05, 0.1) is 12.3 Å². The topological polar surface area (TPSA) is 43.4 Å². The van der Waals surface area contributed by atoms with Crippen LogP contribution in [0.1, 0.15) is 52.9 Å². The van der Waals surface area contributed by atoms with Crippen molar-refractivity contribution >= 4 is 11.8 Å². The third-order valence-electron chi connectivity index (χ3n) is 4.26. The van der Waals surface area contributed by atoms with Gasteiger partial charge in [-0.3, -0.25) is 9.59 Å². The molecule has 0 radical (unpaired) electrons. The lowest BCUT2D eigenvalue weighted by molar-refractivity contribution is -0.146. The second-order valence-electron chi connectivity index (χ2n) is 5.19. The number of esters is 1. The number of unbranched alkanes of at least 4 members (excludes halogenated alkanes) is 2. The molecule has 2 aliphatic rings. The Kier molecular flexibility index (Phi) is 3.11. The Bertz CT molecular complexity index is 394. The molecular weight excluding hydrogens is 216 g/mol. The van der Waals surface area contributed by atoms with Crippen molar-refractivity contribution in [2.45, 2.75) is 58.5 Å². The summed E-state index contributed by atoms with van der Waals surface area (Å²) in [7, 11) is 0. The minimum Gasteiger partial charge on any atom is -0.454 e. The number of ether oxygens (including phenoxy) is 1. The highest BCUT2D eigenvalue weighted by Crippen LogP contribution is 2.49. The predicted octanol–water partition coefficient (Wildman–Crippen LogP) is 2.79. The van der Waals surface area contributed by atoms with Gasteiger partial charge in [0.2, 0.25) is 0 Å². The fourth-order valence-corrected chi connectivity index (χ4v) is 3.10. The summed E-state index contributed by atoms with van der Waals surface area (Å²) in [6.45, 7) is 5.94. The minimum atomic E-state index is -0.590. The maximum absolute atomic E-state index is 12.1. The summed E-state index contributed by atoms with van der Waals surface area (Å²) >= 11 is 0. The van der Waals surface area contributed by atoms with Crippen LogP contribution < -0.4 is 0 Å². The van der Waals surface area contributed by atoms with Gasteiger partial charge in [0.25, 0.3) is 0 Å². The first-order chi connectivity index (χ1) is 8.03. The van der Waals surface area contributed by atoms with E-state index in [1.54, 1.807) is 0 Å². The number of hydrogen-bond acceptors (Lipinski definition) is 3.